The van der Waals surface area contributed by atoms with Gasteiger partial charge in [-0.3, -0.25) is 9.59 Å². The molecule has 1 aromatic rings. The summed E-state index contributed by atoms with van der Waals surface area (Å²) in [6.45, 7) is 2.22. The second kappa shape index (κ2) is 7.13. The van der Waals surface area contributed by atoms with E-state index in [0.717, 1.165) is 21.3 Å². The lowest BCUT2D eigenvalue weighted by atomic mass is 9.48. The van der Waals surface area contributed by atoms with E-state index >= 15 is 0 Å². The van der Waals surface area contributed by atoms with Crippen LogP contribution in [0.25, 0.3) is 0 Å². The van der Waals surface area contributed by atoms with Gasteiger partial charge in [0, 0.05) is 9.61 Å². The molecule has 26 heavy (non-hydrogen) atoms. The predicted molar refractivity (Wildman–Crippen MR) is 110 cm³/mol. The fourth-order valence-corrected chi connectivity index (χ4v) is 6.69. The molecule has 1 aromatic carbocycles. The molecule has 2 N–H and O–H groups in total. The first-order valence-corrected chi connectivity index (χ1v) is 10.9. The van der Waals surface area contributed by atoms with E-state index in [1.54, 1.807) is 6.07 Å². The van der Waals surface area contributed by atoms with Crippen LogP contribution in [0.5, 0.6) is 0 Å². The van der Waals surface area contributed by atoms with Crippen LogP contribution < -0.4 is 10.6 Å². The fourth-order valence-electron chi connectivity index (χ4n) is 6.05. The molecule has 0 radical (unpaired) electrons. The van der Waals surface area contributed by atoms with Gasteiger partial charge in [-0.1, -0.05) is 12.1 Å². The van der Waals surface area contributed by atoms with Gasteiger partial charge in [0.05, 0.1) is 12.1 Å². The second-order valence-corrected chi connectivity index (χ2v) is 9.89. The average Bonchev–Trinajstić information content (AvgIpc) is 2.59. The smallest absolute Gasteiger partial charge is 0.252 e. The summed E-state index contributed by atoms with van der Waals surface area (Å²) >= 11 is 2.14. The van der Waals surface area contributed by atoms with Gasteiger partial charge in [0.2, 0.25) is 5.91 Å². The molecule has 0 spiro atoms. The first-order valence-electron chi connectivity index (χ1n) is 9.77. The van der Waals surface area contributed by atoms with Gasteiger partial charge in [0.1, 0.15) is 0 Å². The standard InChI is InChI=1S/C21H27IN2O2/c1-13(21-9-14-6-15(10-21)8-16(7-14)11-21)24-19(25)12-23-20(26)17-4-2-3-5-18(17)22/h2-5,13-16H,6-12H2,1H3,(H,23,26)(H,24,25)/t13-,14?,15?,16?,21?/m0/s1. The number of rotatable bonds is 5. The van der Waals surface area contributed by atoms with Crippen LogP contribution >= 0.6 is 22.6 Å². The molecule has 140 valence electrons. The molecule has 5 rings (SSSR count). The van der Waals surface area contributed by atoms with Gasteiger partial charge in [0.25, 0.3) is 5.91 Å². The van der Waals surface area contributed by atoms with E-state index in [4.69, 9.17) is 0 Å². The van der Waals surface area contributed by atoms with Crippen LogP contribution in [0, 0.1) is 26.7 Å². The SMILES string of the molecule is C[C@H](NC(=O)CNC(=O)c1ccccc1I)C12CC3CC(CC(C3)C1)C2. The predicted octanol–water partition coefficient (Wildman–Crippen LogP) is 3.74. The molecule has 0 saturated heterocycles. The van der Waals surface area contributed by atoms with Crippen molar-refractivity contribution in [2.45, 2.75) is 51.5 Å². The third-order valence-electron chi connectivity index (χ3n) is 6.91. The fraction of sp³-hybridized carbons (Fsp3) is 0.619. The molecule has 4 aliphatic carbocycles. The second-order valence-electron chi connectivity index (χ2n) is 8.73. The molecule has 1 atom stereocenters. The molecule has 0 aliphatic heterocycles. The monoisotopic (exact) mass is 466 g/mol. The first-order chi connectivity index (χ1) is 12.4. The van der Waals surface area contributed by atoms with E-state index in [1.165, 1.54) is 38.5 Å². The summed E-state index contributed by atoms with van der Waals surface area (Å²) in [7, 11) is 0. The Bertz CT molecular complexity index is 682. The Labute approximate surface area is 169 Å². The lowest BCUT2D eigenvalue weighted by molar-refractivity contribution is -0.124. The quantitative estimate of drug-likeness (QED) is 0.650. The number of carbonyl (C=O) groups excluding carboxylic acids is 2. The zero-order chi connectivity index (χ0) is 18.3. The molecule has 4 fully saturated rings. The number of halogens is 1. The van der Waals surface area contributed by atoms with Crippen molar-refractivity contribution in [3.63, 3.8) is 0 Å². The maximum Gasteiger partial charge on any atom is 0.252 e. The molecule has 0 unspecified atom stereocenters. The number of carbonyl (C=O) groups is 2. The zero-order valence-electron chi connectivity index (χ0n) is 15.3. The molecule has 0 aromatic heterocycles. The van der Waals surface area contributed by atoms with Gasteiger partial charge >= 0.3 is 0 Å². The molecular formula is C21H27IN2O2. The third kappa shape index (κ3) is 3.51. The van der Waals surface area contributed by atoms with Crippen molar-refractivity contribution in [1.29, 1.82) is 0 Å². The van der Waals surface area contributed by atoms with Crippen LogP contribution in [0.4, 0.5) is 0 Å². The Hall–Kier alpha value is -1.11. The first kappa shape index (κ1) is 18.3. The minimum atomic E-state index is -0.187. The van der Waals surface area contributed by atoms with E-state index in [9.17, 15) is 9.59 Å². The van der Waals surface area contributed by atoms with E-state index < -0.39 is 0 Å². The van der Waals surface area contributed by atoms with Gasteiger partial charge in [-0.05, 0) is 103 Å². The van der Waals surface area contributed by atoms with E-state index in [2.05, 4.69) is 40.1 Å². The van der Waals surface area contributed by atoms with Crippen molar-refractivity contribution in [2.75, 3.05) is 6.54 Å². The summed E-state index contributed by atoms with van der Waals surface area (Å²) < 4.78 is 0.893. The van der Waals surface area contributed by atoms with Crippen molar-refractivity contribution in [2.24, 2.45) is 23.2 Å². The van der Waals surface area contributed by atoms with Crippen LogP contribution in [0.2, 0.25) is 0 Å². The van der Waals surface area contributed by atoms with Crippen LogP contribution in [-0.2, 0) is 4.79 Å². The van der Waals surface area contributed by atoms with Gasteiger partial charge in [0.15, 0.2) is 0 Å². The number of nitrogens with one attached hydrogen (secondary N) is 2. The minimum absolute atomic E-state index is 0.0422. The third-order valence-corrected chi connectivity index (χ3v) is 7.85. The Morgan fingerprint density at radius 1 is 1.12 bits per heavy atom. The van der Waals surface area contributed by atoms with Crippen LogP contribution in [-0.4, -0.2) is 24.4 Å². The van der Waals surface area contributed by atoms with Crippen LogP contribution in [0.3, 0.4) is 0 Å². The number of benzene rings is 1. The highest BCUT2D eigenvalue weighted by Crippen LogP contribution is 2.61. The van der Waals surface area contributed by atoms with Crippen molar-refractivity contribution >= 4 is 34.4 Å². The largest absolute Gasteiger partial charge is 0.352 e. The van der Waals surface area contributed by atoms with Gasteiger partial charge in [-0.25, -0.2) is 0 Å². The van der Waals surface area contributed by atoms with Gasteiger partial charge < -0.3 is 10.6 Å². The normalized spacial score (nSPS) is 32.9. The highest BCUT2D eigenvalue weighted by molar-refractivity contribution is 14.1. The average molecular weight is 466 g/mol. The summed E-state index contributed by atoms with van der Waals surface area (Å²) in [4.78, 5) is 24.7. The number of amides is 2. The Balaban J connectivity index is 1.32. The highest BCUT2D eigenvalue weighted by atomic mass is 127. The molecule has 0 heterocycles. The lowest BCUT2D eigenvalue weighted by Crippen LogP contribution is -2.56. The van der Waals surface area contributed by atoms with Gasteiger partial charge in [-0.2, -0.15) is 0 Å². The Morgan fingerprint density at radius 2 is 1.69 bits per heavy atom. The van der Waals surface area contributed by atoms with Crippen LogP contribution in [0.1, 0.15) is 55.8 Å². The molecule has 4 bridgehead atoms. The summed E-state index contributed by atoms with van der Waals surface area (Å²) in [5, 5.41) is 5.97. The topological polar surface area (TPSA) is 58.2 Å². The number of hydrogen-bond donors (Lipinski definition) is 2. The van der Waals surface area contributed by atoms with Crippen molar-refractivity contribution in [1.82, 2.24) is 10.6 Å². The highest BCUT2D eigenvalue weighted by Gasteiger charge is 2.53. The summed E-state index contributed by atoms with van der Waals surface area (Å²) in [5.41, 5.74) is 0.915. The van der Waals surface area contributed by atoms with E-state index in [1.807, 2.05) is 18.2 Å². The zero-order valence-corrected chi connectivity index (χ0v) is 17.4. The molecule has 4 nitrogen and oxygen atoms in total. The van der Waals surface area contributed by atoms with Crippen molar-refractivity contribution < 1.29 is 9.59 Å². The van der Waals surface area contributed by atoms with E-state index in [0.29, 0.717) is 11.0 Å². The molecule has 2 amide bonds. The lowest BCUT2D eigenvalue weighted by Gasteiger charge is -2.59. The molecule has 5 heteroatoms. The minimum Gasteiger partial charge on any atom is -0.352 e. The van der Waals surface area contributed by atoms with E-state index in [-0.39, 0.29) is 24.4 Å². The van der Waals surface area contributed by atoms with Gasteiger partial charge in [-0.15, -0.1) is 0 Å². The maximum atomic E-state index is 12.4. The molecule has 4 aliphatic rings. The Morgan fingerprint density at radius 3 is 2.27 bits per heavy atom. The summed E-state index contributed by atoms with van der Waals surface area (Å²) in [5.74, 6) is 2.36. The number of hydrogen-bond acceptors (Lipinski definition) is 2. The maximum absolute atomic E-state index is 12.4. The summed E-state index contributed by atoms with van der Waals surface area (Å²) in [6, 6.07) is 7.61. The molecule has 4 saturated carbocycles. The Kier molecular flexibility index (Phi) is 5.01. The van der Waals surface area contributed by atoms with Crippen molar-refractivity contribution in [3.8, 4) is 0 Å². The molecular weight excluding hydrogens is 439 g/mol. The summed E-state index contributed by atoms with van der Waals surface area (Å²) in [6.07, 6.45) is 8.04. The van der Waals surface area contributed by atoms with Crippen molar-refractivity contribution in [3.05, 3.63) is 33.4 Å². The van der Waals surface area contributed by atoms with Crippen LogP contribution in [0.15, 0.2) is 24.3 Å².